The summed E-state index contributed by atoms with van der Waals surface area (Å²) >= 11 is 0. The van der Waals surface area contributed by atoms with Gasteiger partial charge in [0.25, 0.3) is 0 Å². The Labute approximate surface area is 186 Å². The average Bonchev–Trinajstić information content (AvgIpc) is 2.83. The lowest BCUT2D eigenvalue weighted by atomic mass is 9.97. The maximum atomic E-state index is 13.1. The van der Waals surface area contributed by atoms with E-state index in [1.54, 1.807) is 18.3 Å². The highest BCUT2D eigenvalue weighted by atomic mass is 32.2. The van der Waals surface area contributed by atoms with Gasteiger partial charge in [0.1, 0.15) is 0 Å². The summed E-state index contributed by atoms with van der Waals surface area (Å²) in [4.78, 5) is 17.4. The van der Waals surface area contributed by atoms with Crippen molar-refractivity contribution in [2.75, 3.05) is 18.4 Å². The minimum Gasteiger partial charge on any atom is -0.324 e. The van der Waals surface area contributed by atoms with Gasteiger partial charge in [-0.05, 0) is 47.9 Å². The number of sulfonamides is 1. The number of benzene rings is 3. The van der Waals surface area contributed by atoms with E-state index in [2.05, 4.69) is 10.3 Å². The van der Waals surface area contributed by atoms with E-state index in [9.17, 15) is 13.2 Å². The molecule has 2 heterocycles. The van der Waals surface area contributed by atoms with E-state index >= 15 is 0 Å². The van der Waals surface area contributed by atoms with Gasteiger partial charge in [-0.3, -0.25) is 9.78 Å². The van der Waals surface area contributed by atoms with Gasteiger partial charge >= 0.3 is 0 Å². The molecule has 0 bridgehead atoms. The van der Waals surface area contributed by atoms with E-state index in [1.807, 2.05) is 60.7 Å². The van der Waals surface area contributed by atoms with Crippen molar-refractivity contribution >= 4 is 43.3 Å². The summed E-state index contributed by atoms with van der Waals surface area (Å²) in [5, 5.41) is 5.80. The lowest BCUT2D eigenvalue weighted by molar-refractivity contribution is -0.120. The van der Waals surface area contributed by atoms with Crippen LogP contribution in [0.4, 0.5) is 5.69 Å². The fourth-order valence-corrected chi connectivity index (χ4v) is 5.72. The second kappa shape index (κ2) is 8.33. The van der Waals surface area contributed by atoms with Crippen molar-refractivity contribution in [3.05, 3.63) is 79.0 Å². The second-order valence-electron chi connectivity index (χ2n) is 8.09. The molecule has 0 aliphatic carbocycles. The number of aromatic nitrogens is 1. The molecule has 0 atom stereocenters. The van der Waals surface area contributed by atoms with Crippen LogP contribution < -0.4 is 5.32 Å². The minimum atomic E-state index is -3.59. The first-order valence-electron chi connectivity index (χ1n) is 10.7. The van der Waals surface area contributed by atoms with Gasteiger partial charge in [0.05, 0.1) is 22.3 Å². The predicted molar refractivity (Wildman–Crippen MR) is 126 cm³/mol. The quantitative estimate of drug-likeness (QED) is 0.504. The number of pyridine rings is 1. The number of carbonyl (C=O) groups is 1. The number of nitrogens with zero attached hydrogens (tertiary/aromatic N) is 2. The lowest BCUT2D eigenvalue weighted by Gasteiger charge is -2.30. The van der Waals surface area contributed by atoms with Gasteiger partial charge in [-0.15, -0.1) is 0 Å². The van der Waals surface area contributed by atoms with E-state index in [4.69, 9.17) is 0 Å². The number of rotatable bonds is 4. The molecule has 7 heteroatoms. The molecule has 4 aromatic rings. The number of piperidine rings is 1. The Kier molecular flexibility index (Phi) is 5.36. The van der Waals surface area contributed by atoms with E-state index in [-0.39, 0.29) is 11.8 Å². The number of nitrogens with one attached hydrogen (secondary N) is 1. The molecule has 6 nitrogen and oxygen atoms in total. The number of hydrogen-bond acceptors (Lipinski definition) is 4. The summed E-state index contributed by atoms with van der Waals surface area (Å²) in [6.45, 7) is 0.645. The van der Waals surface area contributed by atoms with Crippen molar-refractivity contribution in [1.29, 1.82) is 0 Å². The van der Waals surface area contributed by atoms with Crippen LogP contribution in [0, 0.1) is 5.92 Å². The summed E-state index contributed by atoms with van der Waals surface area (Å²) in [5.41, 5.74) is 1.53. The highest BCUT2D eigenvalue weighted by Crippen LogP contribution is 2.27. The normalized spacial score (nSPS) is 15.8. The molecule has 3 aromatic carbocycles. The van der Waals surface area contributed by atoms with E-state index < -0.39 is 10.0 Å². The first-order chi connectivity index (χ1) is 15.5. The zero-order valence-corrected chi connectivity index (χ0v) is 18.3. The van der Waals surface area contributed by atoms with Crippen LogP contribution >= 0.6 is 0 Å². The molecule has 1 N–H and O–H groups in total. The molecule has 0 unspecified atom stereocenters. The van der Waals surface area contributed by atoms with Crippen LogP contribution in [0.1, 0.15) is 12.8 Å². The first-order valence-corrected chi connectivity index (χ1v) is 12.1. The first kappa shape index (κ1) is 20.6. The highest BCUT2D eigenvalue weighted by molar-refractivity contribution is 7.89. The van der Waals surface area contributed by atoms with Crippen molar-refractivity contribution in [3.8, 4) is 0 Å². The Bertz CT molecular complexity index is 1410. The van der Waals surface area contributed by atoms with Gasteiger partial charge in [0, 0.05) is 24.4 Å². The minimum absolute atomic E-state index is 0.0927. The smallest absolute Gasteiger partial charge is 0.243 e. The third-order valence-corrected chi connectivity index (χ3v) is 7.94. The molecule has 1 aliphatic rings. The molecular weight excluding hydrogens is 422 g/mol. The van der Waals surface area contributed by atoms with E-state index in [1.165, 1.54) is 4.31 Å². The van der Waals surface area contributed by atoms with Crippen LogP contribution in [0.25, 0.3) is 21.7 Å². The number of hydrogen-bond donors (Lipinski definition) is 1. The molecule has 0 radical (unpaired) electrons. The SMILES string of the molecule is O=C(Nc1cnc2ccccc2c1)C1CCN(S(=O)(=O)c2ccc3ccccc3c2)CC1. The predicted octanol–water partition coefficient (Wildman–Crippen LogP) is 4.43. The van der Waals surface area contributed by atoms with Crippen molar-refractivity contribution < 1.29 is 13.2 Å². The zero-order chi connectivity index (χ0) is 22.1. The number of amides is 1. The van der Waals surface area contributed by atoms with Crippen LogP contribution in [0.2, 0.25) is 0 Å². The molecule has 1 amide bonds. The molecule has 1 fully saturated rings. The lowest BCUT2D eigenvalue weighted by Crippen LogP contribution is -2.41. The van der Waals surface area contributed by atoms with Crippen LogP contribution in [0.5, 0.6) is 0 Å². The maximum absolute atomic E-state index is 13.1. The summed E-state index contributed by atoms with van der Waals surface area (Å²) in [5.74, 6) is -0.325. The van der Waals surface area contributed by atoms with Gasteiger partial charge in [-0.1, -0.05) is 48.5 Å². The molecule has 32 heavy (non-hydrogen) atoms. The van der Waals surface area contributed by atoms with Crippen LogP contribution in [0.15, 0.2) is 83.9 Å². The molecule has 162 valence electrons. The maximum Gasteiger partial charge on any atom is 0.243 e. The number of para-hydroxylation sites is 1. The van der Waals surface area contributed by atoms with Gasteiger partial charge in [0.2, 0.25) is 15.9 Å². The third-order valence-electron chi connectivity index (χ3n) is 6.04. The Morgan fingerprint density at radius 1 is 0.875 bits per heavy atom. The largest absolute Gasteiger partial charge is 0.324 e. The molecule has 5 rings (SSSR count). The monoisotopic (exact) mass is 445 g/mol. The fraction of sp³-hybridized carbons (Fsp3) is 0.200. The molecule has 0 saturated carbocycles. The number of carbonyl (C=O) groups excluding carboxylic acids is 1. The number of anilines is 1. The van der Waals surface area contributed by atoms with E-state index in [0.29, 0.717) is 36.5 Å². The van der Waals surface area contributed by atoms with Gasteiger partial charge in [0.15, 0.2) is 0 Å². The Hall–Kier alpha value is -3.29. The van der Waals surface area contributed by atoms with Crippen LogP contribution in [-0.4, -0.2) is 36.7 Å². The van der Waals surface area contributed by atoms with Crippen molar-refractivity contribution in [1.82, 2.24) is 9.29 Å². The Balaban J connectivity index is 1.25. The van der Waals surface area contributed by atoms with E-state index in [0.717, 1.165) is 21.7 Å². The zero-order valence-electron chi connectivity index (χ0n) is 17.4. The topological polar surface area (TPSA) is 79.4 Å². The molecule has 1 aromatic heterocycles. The summed E-state index contributed by atoms with van der Waals surface area (Å²) in [7, 11) is -3.59. The standard InChI is InChI=1S/C25H23N3O3S/c29-25(27-22-15-21-7-3-4-8-24(21)26-17-22)19-11-13-28(14-12-19)32(30,31)23-10-9-18-5-1-2-6-20(18)16-23/h1-10,15-17,19H,11-14H2,(H,27,29). The summed E-state index contributed by atoms with van der Waals surface area (Å²) in [6.07, 6.45) is 2.62. The Morgan fingerprint density at radius 3 is 2.34 bits per heavy atom. The Morgan fingerprint density at radius 2 is 1.56 bits per heavy atom. The molecule has 1 aliphatic heterocycles. The van der Waals surface area contributed by atoms with Crippen molar-refractivity contribution in [2.24, 2.45) is 5.92 Å². The third kappa shape index (κ3) is 3.97. The molecule has 1 saturated heterocycles. The van der Waals surface area contributed by atoms with Gasteiger partial charge in [-0.25, -0.2) is 8.42 Å². The second-order valence-corrected chi connectivity index (χ2v) is 10.0. The summed E-state index contributed by atoms with van der Waals surface area (Å²) < 4.78 is 27.8. The van der Waals surface area contributed by atoms with Gasteiger partial charge < -0.3 is 5.32 Å². The average molecular weight is 446 g/mol. The van der Waals surface area contributed by atoms with Crippen molar-refractivity contribution in [2.45, 2.75) is 17.7 Å². The van der Waals surface area contributed by atoms with Gasteiger partial charge in [-0.2, -0.15) is 4.31 Å². The fourth-order valence-electron chi connectivity index (χ4n) is 4.22. The summed E-state index contributed by atoms with van der Waals surface area (Å²) in [6, 6.07) is 22.5. The molecular formula is C25H23N3O3S. The van der Waals surface area contributed by atoms with Crippen LogP contribution in [0.3, 0.4) is 0 Å². The number of fused-ring (bicyclic) bond motifs is 2. The van der Waals surface area contributed by atoms with Crippen molar-refractivity contribution in [3.63, 3.8) is 0 Å². The highest BCUT2D eigenvalue weighted by Gasteiger charge is 2.32. The molecule has 0 spiro atoms. The van der Waals surface area contributed by atoms with Crippen LogP contribution in [-0.2, 0) is 14.8 Å².